The Labute approximate surface area is 229 Å². The molecule has 204 valence electrons. The van der Waals surface area contributed by atoms with Gasteiger partial charge in [0.15, 0.2) is 23.0 Å². The van der Waals surface area contributed by atoms with Crippen LogP contribution in [0.25, 0.3) is 22.2 Å². The maximum atomic E-state index is 15.2. The molecule has 0 radical (unpaired) electrons. The van der Waals surface area contributed by atoms with E-state index in [1.807, 2.05) is 6.07 Å². The van der Waals surface area contributed by atoms with Crippen LogP contribution < -0.4 is 20.1 Å². The number of halogens is 1. The summed E-state index contributed by atoms with van der Waals surface area (Å²) >= 11 is 0. The Morgan fingerprint density at radius 2 is 2.00 bits per heavy atom. The molecule has 0 bridgehead atoms. The van der Waals surface area contributed by atoms with Gasteiger partial charge in [-0.1, -0.05) is 18.7 Å². The monoisotopic (exact) mass is 542 g/mol. The highest BCUT2D eigenvalue weighted by atomic mass is 19.1. The summed E-state index contributed by atoms with van der Waals surface area (Å²) < 4.78 is 26.3. The lowest BCUT2D eigenvalue weighted by Gasteiger charge is -2.18. The Morgan fingerprint density at radius 1 is 1.15 bits per heavy atom. The van der Waals surface area contributed by atoms with Gasteiger partial charge in [-0.25, -0.2) is 9.37 Å². The van der Waals surface area contributed by atoms with Crippen molar-refractivity contribution in [3.8, 4) is 22.6 Å². The number of aromatic amines is 1. The number of anilines is 1. The number of aromatic nitrogens is 3. The lowest BCUT2D eigenvalue weighted by Crippen LogP contribution is -2.30. The van der Waals surface area contributed by atoms with Crippen LogP contribution in [-0.2, 0) is 11.3 Å². The third-order valence-corrected chi connectivity index (χ3v) is 7.08. The van der Waals surface area contributed by atoms with Crippen molar-refractivity contribution in [3.63, 3.8) is 0 Å². The molecule has 0 saturated carbocycles. The highest BCUT2D eigenvalue weighted by Crippen LogP contribution is 2.34. The maximum absolute atomic E-state index is 15.2. The number of fused-ring (bicyclic) bond motifs is 2. The van der Waals surface area contributed by atoms with E-state index in [-0.39, 0.29) is 24.4 Å². The lowest BCUT2D eigenvalue weighted by molar-refractivity contribution is -0.125. The number of nitrogens with one attached hydrogen (secondary N) is 3. The summed E-state index contributed by atoms with van der Waals surface area (Å²) in [5, 5.41) is 14.2. The van der Waals surface area contributed by atoms with Crippen LogP contribution in [0.3, 0.4) is 0 Å². The second kappa shape index (κ2) is 10.7. The Balaban J connectivity index is 1.18. The minimum Gasteiger partial charge on any atom is -0.486 e. The molecule has 6 rings (SSSR count). The van der Waals surface area contributed by atoms with Gasteiger partial charge in [-0.15, -0.1) is 0 Å². The van der Waals surface area contributed by atoms with Gasteiger partial charge in [0.2, 0.25) is 5.91 Å². The molecule has 0 aliphatic carbocycles. The molecule has 3 N–H and O–H groups in total. The fourth-order valence-corrected chi connectivity index (χ4v) is 5.02. The Bertz CT molecular complexity index is 1620. The normalized spacial score (nSPS) is 16.1. The number of rotatable bonds is 7. The number of benzene rings is 2. The van der Waals surface area contributed by atoms with Gasteiger partial charge in [0.1, 0.15) is 19.0 Å². The first-order valence-corrected chi connectivity index (χ1v) is 13.0. The predicted octanol–water partition coefficient (Wildman–Crippen LogP) is 3.66. The van der Waals surface area contributed by atoms with E-state index in [0.717, 1.165) is 17.4 Å². The number of hydrogen-bond acceptors (Lipinski definition) is 7. The van der Waals surface area contributed by atoms with Gasteiger partial charge in [-0.2, -0.15) is 5.10 Å². The molecule has 1 fully saturated rings. The summed E-state index contributed by atoms with van der Waals surface area (Å²) in [6.07, 6.45) is 3.72. The van der Waals surface area contributed by atoms with Gasteiger partial charge in [-0.3, -0.25) is 14.7 Å². The first kappa shape index (κ1) is 25.4. The summed E-state index contributed by atoms with van der Waals surface area (Å²) in [6, 6.07) is 11.7. The van der Waals surface area contributed by atoms with E-state index in [9.17, 15) is 9.59 Å². The van der Waals surface area contributed by atoms with Crippen LogP contribution in [0.5, 0.6) is 11.5 Å². The first-order chi connectivity index (χ1) is 19.5. The lowest BCUT2D eigenvalue weighted by atomic mass is 10.0. The Morgan fingerprint density at radius 3 is 2.83 bits per heavy atom. The van der Waals surface area contributed by atoms with Crippen molar-refractivity contribution >= 4 is 28.7 Å². The molecule has 10 nitrogen and oxygen atoms in total. The quantitative estimate of drug-likeness (QED) is 0.305. The molecule has 0 unspecified atom stereocenters. The van der Waals surface area contributed by atoms with Crippen molar-refractivity contribution in [2.45, 2.75) is 19.0 Å². The number of amides is 2. The van der Waals surface area contributed by atoms with Gasteiger partial charge in [0.05, 0.1) is 5.39 Å². The van der Waals surface area contributed by atoms with Crippen molar-refractivity contribution in [2.75, 3.05) is 31.6 Å². The summed E-state index contributed by atoms with van der Waals surface area (Å²) in [5.41, 5.74) is 2.71. The highest BCUT2D eigenvalue weighted by molar-refractivity contribution is 6.00. The van der Waals surface area contributed by atoms with E-state index >= 15 is 4.39 Å². The average Bonchev–Trinajstić information content (AvgIpc) is 3.63. The second-order valence-corrected chi connectivity index (χ2v) is 9.62. The van der Waals surface area contributed by atoms with Gasteiger partial charge >= 0.3 is 0 Å². The topological polar surface area (TPSA) is 121 Å². The molecule has 2 aromatic carbocycles. The van der Waals surface area contributed by atoms with E-state index in [2.05, 4.69) is 32.4 Å². The molecular formula is C29H27FN6O4. The van der Waals surface area contributed by atoms with Gasteiger partial charge in [-0.05, 0) is 54.0 Å². The van der Waals surface area contributed by atoms with E-state index in [4.69, 9.17) is 9.47 Å². The van der Waals surface area contributed by atoms with E-state index in [0.29, 0.717) is 66.0 Å². The number of pyridine rings is 1. The van der Waals surface area contributed by atoms with Gasteiger partial charge in [0, 0.05) is 43.0 Å². The predicted molar refractivity (Wildman–Crippen MR) is 147 cm³/mol. The van der Waals surface area contributed by atoms with Crippen LogP contribution >= 0.6 is 0 Å². The molecule has 11 heteroatoms. The SMILES string of the molecule is C=CC(=O)N1CC[C@@H](Nc2n[nH]c3nccc(-c4ccc(CNC(=O)c5ccc6c(c5)OCCO6)c(F)c4)c23)C1. The minimum absolute atomic E-state index is 0.0142. The van der Waals surface area contributed by atoms with Crippen LogP contribution in [0, 0.1) is 5.82 Å². The molecule has 2 aliphatic rings. The third kappa shape index (κ3) is 4.93. The molecule has 2 aliphatic heterocycles. The van der Waals surface area contributed by atoms with Crippen LogP contribution in [0.1, 0.15) is 22.3 Å². The molecule has 1 atom stereocenters. The van der Waals surface area contributed by atoms with Crippen LogP contribution in [0.15, 0.2) is 61.3 Å². The second-order valence-electron chi connectivity index (χ2n) is 9.62. The van der Waals surface area contributed by atoms with E-state index in [1.165, 1.54) is 12.1 Å². The van der Waals surface area contributed by atoms with Crippen LogP contribution in [-0.4, -0.2) is 64.2 Å². The smallest absolute Gasteiger partial charge is 0.251 e. The van der Waals surface area contributed by atoms with Crippen LogP contribution in [0.4, 0.5) is 10.2 Å². The molecule has 2 aromatic heterocycles. The summed E-state index contributed by atoms with van der Waals surface area (Å²) in [5.74, 6) is 0.812. The zero-order chi connectivity index (χ0) is 27.6. The van der Waals surface area contributed by atoms with Gasteiger partial charge in [0.25, 0.3) is 5.91 Å². The zero-order valence-electron chi connectivity index (χ0n) is 21.6. The van der Waals surface area contributed by atoms with Crippen molar-refractivity contribution in [2.24, 2.45) is 0 Å². The third-order valence-electron chi connectivity index (χ3n) is 7.08. The molecule has 4 heterocycles. The summed E-state index contributed by atoms with van der Waals surface area (Å²) in [6.45, 7) is 5.64. The van der Waals surface area contributed by atoms with E-state index in [1.54, 1.807) is 41.4 Å². The van der Waals surface area contributed by atoms with Gasteiger partial charge < -0.3 is 25.0 Å². The summed E-state index contributed by atoms with van der Waals surface area (Å²) in [7, 11) is 0. The number of likely N-dealkylation sites (tertiary alicyclic amines) is 1. The first-order valence-electron chi connectivity index (χ1n) is 13.0. The van der Waals surface area contributed by atoms with Crippen molar-refractivity contribution < 1.29 is 23.5 Å². The van der Waals surface area contributed by atoms with Crippen molar-refractivity contribution in [3.05, 3.63) is 78.3 Å². The molecule has 2 amide bonds. The Kier molecular flexibility index (Phi) is 6.77. The summed E-state index contributed by atoms with van der Waals surface area (Å²) in [4.78, 5) is 30.8. The fraction of sp³-hybridized carbons (Fsp3) is 0.241. The molecule has 4 aromatic rings. The number of H-pyrrole nitrogens is 1. The number of ether oxygens (including phenoxy) is 2. The number of nitrogens with zero attached hydrogens (tertiary/aromatic N) is 3. The molecule has 0 spiro atoms. The largest absolute Gasteiger partial charge is 0.486 e. The zero-order valence-corrected chi connectivity index (χ0v) is 21.6. The fourth-order valence-electron chi connectivity index (χ4n) is 5.02. The Hall–Kier alpha value is -4.93. The number of hydrogen-bond donors (Lipinski definition) is 3. The van der Waals surface area contributed by atoms with E-state index < -0.39 is 5.82 Å². The van der Waals surface area contributed by atoms with Crippen molar-refractivity contribution in [1.82, 2.24) is 25.4 Å². The highest BCUT2D eigenvalue weighted by Gasteiger charge is 2.26. The minimum atomic E-state index is -0.447. The maximum Gasteiger partial charge on any atom is 0.251 e. The standard InChI is InChI=1S/C29H27FN6O4/c1-2-25(37)36-10-8-20(16-36)33-28-26-21(7-9-31-27(26)34-35-28)17-3-4-19(22(30)13-17)15-32-29(38)18-5-6-23-24(14-18)40-12-11-39-23/h2-7,9,13-14,20H,1,8,10-12,15-16H2,(H,32,38)(H2,31,33,34,35)/t20-/m1/s1. The average molecular weight is 543 g/mol. The van der Waals surface area contributed by atoms with Crippen LogP contribution in [0.2, 0.25) is 0 Å². The molecule has 1 saturated heterocycles. The molecule has 40 heavy (non-hydrogen) atoms. The number of carbonyl (C=O) groups is 2. The molecular weight excluding hydrogens is 515 g/mol. The number of carbonyl (C=O) groups excluding carboxylic acids is 2. The van der Waals surface area contributed by atoms with Crippen molar-refractivity contribution in [1.29, 1.82) is 0 Å².